The lowest BCUT2D eigenvalue weighted by atomic mass is 10.0. The van der Waals surface area contributed by atoms with Crippen molar-refractivity contribution in [3.8, 4) is 39.6 Å². The third-order valence-corrected chi connectivity index (χ3v) is 5.27. The average Bonchev–Trinajstić information content (AvgIpc) is 3.33. The Kier molecular flexibility index (Phi) is 5.89. The van der Waals surface area contributed by atoms with Crippen molar-refractivity contribution < 1.29 is 14.6 Å². The van der Waals surface area contributed by atoms with E-state index in [1.807, 2.05) is 30.3 Å². The van der Waals surface area contributed by atoms with Crippen LogP contribution < -0.4 is 14.4 Å². The summed E-state index contributed by atoms with van der Waals surface area (Å²) in [6, 6.07) is 17.5. The zero-order valence-corrected chi connectivity index (χ0v) is 17.2. The molecule has 0 radical (unpaired) electrons. The fourth-order valence-electron chi connectivity index (χ4n) is 3.74. The van der Waals surface area contributed by atoms with Gasteiger partial charge in [-0.15, -0.1) is 0 Å². The maximum absolute atomic E-state index is 9.98. The van der Waals surface area contributed by atoms with Crippen molar-refractivity contribution in [1.29, 1.82) is 0 Å². The summed E-state index contributed by atoms with van der Waals surface area (Å²) >= 11 is 0. The molecule has 0 aliphatic carbocycles. The molecule has 4 rings (SSSR count). The molecule has 1 aliphatic rings. The number of nitrogens with zero attached hydrogens (tertiary/aromatic N) is 2. The van der Waals surface area contributed by atoms with Crippen LogP contribution in [-0.4, -0.2) is 36.9 Å². The lowest BCUT2D eigenvalue weighted by molar-refractivity contribution is 0.365. The molecule has 3 aromatic rings. The van der Waals surface area contributed by atoms with Crippen molar-refractivity contribution in [2.24, 2.45) is 0 Å². The Morgan fingerprint density at radius 1 is 1.03 bits per heavy atom. The summed E-state index contributed by atoms with van der Waals surface area (Å²) in [5.74, 6) is 2.30. The number of hydrogen-bond acceptors (Lipinski definition) is 5. The number of aromatic hydroxyl groups is 1. The van der Waals surface area contributed by atoms with Crippen molar-refractivity contribution in [3.63, 3.8) is 0 Å². The minimum absolute atomic E-state index is 0.111. The Morgan fingerprint density at radius 2 is 1.83 bits per heavy atom. The second-order valence-electron chi connectivity index (χ2n) is 7.28. The van der Waals surface area contributed by atoms with E-state index in [2.05, 4.69) is 29.7 Å². The van der Waals surface area contributed by atoms with Gasteiger partial charge in [0.25, 0.3) is 0 Å². The molecular weight excluding hydrogens is 376 g/mol. The van der Waals surface area contributed by atoms with Crippen LogP contribution in [0.3, 0.4) is 0 Å². The number of hydrogen-bond donors (Lipinski definition) is 1. The maximum Gasteiger partial charge on any atom is 0.161 e. The number of phenolic OH excluding ortho intramolecular Hbond substituents is 1. The van der Waals surface area contributed by atoms with Gasteiger partial charge in [-0.1, -0.05) is 30.9 Å². The van der Waals surface area contributed by atoms with Gasteiger partial charge in [-0.2, -0.15) is 0 Å². The van der Waals surface area contributed by atoms with Crippen LogP contribution >= 0.6 is 0 Å². The highest BCUT2D eigenvalue weighted by Crippen LogP contribution is 2.37. The number of pyridine rings is 1. The first-order valence-electron chi connectivity index (χ1n) is 10.2. The van der Waals surface area contributed by atoms with Crippen molar-refractivity contribution in [2.75, 3.05) is 31.7 Å². The Morgan fingerprint density at radius 3 is 2.60 bits per heavy atom. The predicted molar refractivity (Wildman–Crippen MR) is 120 cm³/mol. The Bertz CT molecular complexity index is 1040. The van der Waals surface area contributed by atoms with Crippen LogP contribution in [0.4, 0.5) is 5.82 Å². The molecule has 2 heterocycles. The van der Waals surface area contributed by atoms with Gasteiger partial charge in [0, 0.05) is 24.2 Å². The van der Waals surface area contributed by atoms with E-state index in [-0.39, 0.29) is 5.75 Å². The molecule has 1 fully saturated rings. The van der Waals surface area contributed by atoms with E-state index in [1.165, 1.54) is 12.8 Å². The summed E-state index contributed by atoms with van der Waals surface area (Å²) in [5, 5.41) is 9.98. The molecule has 30 heavy (non-hydrogen) atoms. The van der Waals surface area contributed by atoms with Gasteiger partial charge >= 0.3 is 0 Å². The molecule has 5 heteroatoms. The van der Waals surface area contributed by atoms with Gasteiger partial charge < -0.3 is 19.5 Å². The van der Waals surface area contributed by atoms with E-state index in [0.29, 0.717) is 12.4 Å². The minimum atomic E-state index is 0.111. The van der Waals surface area contributed by atoms with E-state index in [1.54, 1.807) is 19.3 Å². The van der Waals surface area contributed by atoms with Crippen molar-refractivity contribution in [3.05, 3.63) is 67.3 Å². The predicted octanol–water partition coefficient (Wildman–Crippen LogP) is 5.29. The van der Waals surface area contributed by atoms with Gasteiger partial charge in [-0.3, -0.25) is 0 Å². The van der Waals surface area contributed by atoms with Gasteiger partial charge in [-0.05, 0) is 54.8 Å². The number of anilines is 1. The van der Waals surface area contributed by atoms with E-state index in [0.717, 1.165) is 47.0 Å². The molecule has 0 saturated carbocycles. The molecule has 1 N–H and O–H groups in total. The van der Waals surface area contributed by atoms with Gasteiger partial charge in [0.15, 0.2) is 11.5 Å². The standard InChI is InChI=1S/C25H26N2O3/c1-3-14-30-23-9-5-4-8-20(23)19-15-21(18-10-11-22(28)24(16-18)29-2)26-25(17-19)27-12-6-7-13-27/h3-5,8-11,15-17,28H,1,6-7,12-14H2,2H3. The number of phenols is 1. The first kappa shape index (κ1) is 19.8. The fourth-order valence-corrected chi connectivity index (χ4v) is 3.74. The molecule has 2 aromatic carbocycles. The zero-order valence-electron chi connectivity index (χ0n) is 17.2. The number of methoxy groups -OCH3 is 1. The third-order valence-electron chi connectivity index (χ3n) is 5.27. The second kappa shape index (κ2) is 8.91. The topological polar surface area (TPSA) is 54.8 Å². The Balaban J connectivity index is 1.84. The summed E-state index contributed by atoms with van der Waals surface area (Å²) in [5.41, 5.74) is 3.76. The second-order valence-corrected chi connectivity index (χ2v) is 7.28. The van der Waals surface area contributed by atoms with E-state index in [4.69, 9.17) is 14.5 Å². The van der Waals surface area contributed by atoms with Crippen LogP contribution in [0.25, 0.3) is 22.4 Å². The van der Waals surface area contributed by atoms with Crippen LogP contribution in [0, 0.1) is 0 Å². The van der Waals surface area contributed by atoms with E-state index in [9.17, 15) is 5.11 Å². The highest BCUT2D eigenvalue weighted by molar-refractivity contribution is 5.78. The van der Waals surface area contributed by atoms with Crippen LogP contribution in [0.5, 0.6) is 17.2 Å². The molecular formula is C25H26N2O3. The fraction of sp³-hybridized carbons (Fsp3) is 0.240. The summed E-state index contributed by atoms with van der Waals surface area (Å²) in [6.07, 6.45) is 4.09. The number of rotatable bonds is 7. The highest BCUT2D eigenvalue weighted by atomic mass is 16.5. The first-order chi connectivity index (χ1) is 14.7. The molecule has 0 amide bonds. The molecule has 0 spiro atoms. The molecule has 154 valence electrons. The number of benzene rings is 2. The molecule has 0 atom stereocenters. The lowest BCUT2D eigenvalue weighted by Gasteiger charge is -2.20. The Hall–Kier alpha value is -3.47. The average molecular weight is 402 g/mol. The number of aromatic nitrogens is 1. The van der Waals surface area contributed by atoms with Crippen molar-refractivity contribution in [2.45, 2.75) is 12.8 Å². The van der Waals surface area contributed by atoms with Gasteiger partial charge in [0.1, 0.15) is 18.2 Å². The van der Waals surface area contributed by atoms with Crippen molar-refractivity contribution >= 4 is 5.82 Å². The van der Waals surface area contributed by atoms with E-state index < -0.39 is 0 Å². The maximum atomic E-state index is 9.98. The quantitative estimate of drug-likeness (QED) is 0.544. The summed E-state index contributed by atoms with van der Waals surface area (Å²) in [6.45, 7) is 6.20. The monoisotopic (exact) mass is 402 g/mol. The smallest absolute Gasteiger partial charge is 0.161 e. The summed E-state index contributed by atoms with van der Waals surface area (Å²) < 4.78 is 11.2. The van der Waals surface area contributed by atoms with Crippen LogP contribution in [0.1, 0.15) is 12.8 Å². The molecule has 0 unspecified atom stereocenters. The molecule has 5 nitrogen and oxygen atoms in total. The molecule has 1 aliphatic heterocycles. The lowest BCUT2D eigenvalue weighted by Crippen LogP contribution is -2.19. The largest absolute Gasteiger partial charge is 0.504 e. The number of para-hydroxylation sites is 1. The molecule has 1 aromatic heterocycles. The van der Waals surface area contributed by atoms with Gasteiger partial charge in [0.05, 0.1) is 12.8 Å². The number of ether oxygens (including phenoxy) is 2. The zero-order chi connectivity index (χ0) is 20.9. The molecule has 0 bridgehead atoms. The third kappa shape index (κ3) is 4.10. The van der Waals surface area contributed by atoms with Gasteiger partial charge in [0.2, 0.25) is 0 Å². The SMILES string of the molecule is C=CCOc1ccccc1-c1cc(-c2ccc(O)c(OC)c2)nc(N2CCCC2)c1. The first-order valence-corrected chi connectivity index (χ1v) is 10.2. The highest BCUT2D eigenvalue weighted by Gasteiger charge is 2.18. The normalized spacial score (nSPS) is 13.3. The van der Waals surface area contributed by atoms with Gasteiger partial charge in [-0.25, -0.2) is 4.98 Å². The van der Waals surface area contributed by atoms with Crippen molar-refractivity contribution in [1.82, 2.24) is 4.98 Å². The van der Waals surface area contributed by atoms with Crippen LogP contribution in [0.15, 0.2) is 67.3 Å². The van der Waals surface area contributed by atoms with Crippen LogP contribution in [-0.2, 0) is 0 Å². The van der Waals surface area contributed by atoms with E-state index >= 15 is 0 Å². The Labute approximate surface area is 177 Å². The summed E-state index contributed by atoms with van der Waals surface area (Å²) in [7, 11) is 1.55. The minimum Gasteiger partial charge on any atom is -0.504 e. The molecule has 1 saturated heterocycles. The van der Waals surface area contributed by atoms with Crippen LogP contribution in [0.2, 0.25) is 0 Å². The summed E-state index contributed by atoms with van der Waals surface area (Å²) in [4.78, 5) is 7.26.